The molecule has 1 saturated heterocycles. The van der Waals surface area contributed by atoms with Crippen molar-refractivity contribution in [3.63, 3.8) is 0 Å². The molecule has 0 saturated carbocycles. The Morgan fingerprint density at radius 2 is 2.21 bits per heavy atom. The van der Waals surface area contributed by atoms with Gasteiger partial charge in [0, 0.05) is 18.6 Å². The van der Waals surface area contributed by atoms with Crippen LogP contribution < -0.4 is 5.32 Å². The highest BCUT2D eigenvalue weighted by Crippen LogP contribution is 2.08. The summed E-state index contributed by atoms with van der Waals surface area (Å²) in [5, 5.41) is 12.2. The van der Waals surface area contributed by atoms with E-state index in [0.717, 1.165) is 13.0 Å². The van der Waals surface area contributed by atoms with E-state index in [1.54, 1.807) is 0 Å². The Labute approximate surface area is 85.3 Å². The first kappa shape index (κ1) is 11.5. The van der Waals surface area contributed by atoms with Crippen LogP contribution in [-0.2, 0) is 4.79 Å². The fraction of sp³-hybridized carbons (Fsp3) is 0.900. The van der Waals surface area contributed by atoms with E-state index in [1.807, 2.05) is 25.7 Å². The van der Waals surface area contributed by atoms with Crippen LogP contribution in [0.15, 0.2) is 0 Å². The zero-order valence-electron chi connectivity index (χ0n) is 9.21. The predicted octanol–water partition coefficient (Wildman–Crippen LogP) is -0.0323. The van der Waals surface area contributed by atoms with Crippen LogP contribution in [0.4, 0.5) is 0 Å². The van der Waals surface area contributed by atoms with Crippen molar-refractivity contribution < 1.29 is 9.90 Å². The molecule has 0 spiro atoms. The standard InChI is InChI=1S/C10H20N2O2/c1-10(2,3)11-9(14)7-12-5-4-8(13)6-12/h8,13H,4-7H2,1-3H3,(H,11,14)/t8-/m1/s1. The first-order valence-electron chi connectivity index (χ1n) is 5.08. The Bertz CT molecular complexity index is 211. The monoisotopic (exact) mass is 200 g/mol. The Morgan fingerprint density at radius 1 is 1.57 bits per heavy atom. The van der Waals surface area contributed by atoms with E-state index in [2.05, 4.69) is 5.32 Å². The highest BCUT2D eigenvalue weighted by molar-refractivity contribution is 5.78. The van der Waals surface area contributed by atoms with Gasteiger partial charge in [-0.2, -0.15) is 0 Å². The van der Waals surface area contributed by atoms with E-state index in [0.29, 0.717) is 13.1 Å². The number of carbonyl (C=O) groups excluding carboxylic acids is 1. The minimum absolute atomic E-state index is 0.0339. The molecular weight excluding hydrogens is 180 g/mol. The summed E-state index contributed by atoms with van der Waals surface area (Å²) in [6.45, 7) is 7.72. The second-order valence-electron chi connectivity index (χ2n) is 4.98. The van der Waals surface area contributed by atoms with Gasteiger partial charge in [-0.15, -0.1) is 0 Å². The van der Waals surface area contributed by atoms with Crippen LogP contribution in [0.2, 0.25) is 0 Å². The highest BCUT2D eigenvalue weighted by atomic mass is 16.3. The molecule has 1 rings (SSSR count). The first-order valence-corrected chi connectivity index (χ1v) is 5.08. The van der Waals surface area contributed by atoms with Crippen molar-refractivity contribution in [2.75, 3.05) is 19.6 Å². The van der Waals surface area contributed by atoms with Gasteiger partial charge in [0.15, 0.2) is 0 Å². The predicted molar refractivity (Wildman–Crippen MR) is 55.0 cm³/mol. The van der Waals surface area contributed by atoms with Crippen LogP contribution >= 0.6 is 0 Å². The molecule has 14 heavy (non-hydrogen) atoms. The van der Waals surface area contributed by atoms with Gasteiger partial charge in [-0.3, -0.25) is 9.69 Å². The molecule has 82 valence electrons. The quantitative estimate of drug-likeness (QED) is 0.658. The van der Waals surface area contributed by atoms with Crippen LogP contribution in [0.3, 0.4) is 0 Å². The van der Waals surface area contributed by atoms with Gasteiger partial charge in [-0.1, -0.05) is 0 Å². The second-order valence-corrected chi connectivity index (χ2v) is 4.98. The van der Waals surface area contributed by atoms with Crippen LogP contribution in [0.1, 0.15) is 27.2 Å². The van der Waals surface area contributed by atoms with Crippen molar-refractivity contribution in [3.05, 3.63) is 0 Å². The number of β-amino-alcohol motifs (C(OH)–C–C–N with tert-alkyl or cyclic N) is 1. The molecule has 0 aromatic heterocycles. The van der Waals surface area contributed by atoms with Gasteiger partial charge in [-0.25, -0.2) is 0 Å². The summed E-state index contributed by atoms with van der Waals surface area (Å²) in [4.78, 5) is 13.5. The van der Waals surface area contributed by atoms with Crippen LogP contribution in [0, 0.1) is 0 Å². The molecule has 0 aromatic carbocycles. The van der Waals surface area contributed by atoms with Gasteiger partial charge in [0.1, 0.15) is 0 Å². The Balaban J connectivity index is 2.27. The summed E-state index contributed by atoms with van der Waals surface area (Å²) in [5.74, 6) is 0.0339. The first-order chi connectivity index (χ1) is 6.37. The molecule has 0 aromatic rings. The highest BCUT2D eigenvalue weighted by Gasteiger charge is 2.23. The third-order valence-electron chi connectivity index (χ3n) is 2.13. The Hall–Kier alpha value is -0.610. The van der Waals surface area contributed by atoms with E-state index >= 15 is 0 Å². The summed E-state index contributed by atoms with van der Waals surface area (Å²) in [7, 11) is 0. The van der Waals surface area contributed by atoms with Crippen LogP contribution in [0.25, 0.3) is 0 Å². The van der Waals surface area contributed by atoms with Gasteiger partial charge < -0.3 is 10.4 Å². The number of rotatable bonds is 2. The Morgan fingerprint density at radius 3 is 2.64 bits per heavy atom. The number of aliphatic hydroxyl groups excluding tert-OH is 1. The van der Waals surface area contributed by atoms with Crippen molar-refractivity contribution in [2.45, 2.75) is 38.8 Å². The summed E-state index contributed by atoms with van der Waals surface area (Å²) in [6.07, 6.45) is 0.528. The third kappa shape index (κ3) is 4.07. The number of amides is 1. The normalized spacial score (nSPS) is 23.9. The van der Waals surface area contributed by atoms with Crippen molar-refractivity contribution in [2.24, 2.45) is 0 Å². The SMILES string of the molecule is CC(C)(C)NC(=O)CN1CC[C@@H](O)C1. The molecule has 0 unspecified atom stereocenters. The molecule has 1 heterocycles. The largest absolute Gasteiger partial charge is 0.392 e. The molecule has 1 fully saturated rings. The number of hydrogen-bond donors (Lipinski definition) is 2. The number of nitrogens with zero attached hydrogens (tertiary/aromatic N) is 1. The zero-order chi connectivity index (χ0) is 10.8. The minimum atomic E-state index is -0.252. The van der Waals surface area contributed by atoms with Crippen LogP contribution in [-0.4, -0.2) is 47.2 Å². The van der Waals surface area contributed by atoms with Crippen LogP contribution in [0.5, 0.6) is 0 Å². The maximum atomic E-state index is 11.5. The number of carbonyl (C=O) groups is 1. The number of aliphatic hydroxyl groups is 1. The van der Waals surface area contributed by atoms with E-state index in [4.69, 9.17) is 0 Å². The average molecular weight is 200 g/mol. The Kier molecular flexibility index (Phi) is 3.50. The molecule has 2 N–H and O–H groups in total. The molecule has 1 aliphatic rings. The molecule has 4 heteroatoms. The average Bonchev–Trinajstić information content (AvgIpc) is 2.30. The fourth-order valence-electron chi connectivity index (χ4n) is 1.62. The molecule has 0 aliphatic carbocycles. The zero-order valence-corrected chi connectivity index (χ0v) is 9.21. The maximum Gasteiger partial charge on any atom is 0.234 e. The molecular formula is C10H20N2O2. The van der Waals surface area contributed by atoms with Crippen molar-refractivity contribution in [3.8, 4) is 0 Å². The van der Waals surface area contributed by atoms with E-state index in [1.165, 1.54) is 0 Å². The number of hydrogen-bond acceptors (Lipinski definition) is 3. The summed E-state index contributed by atoms with van der Waals surface area (Å²) in [6, 6.07) is 0. The van der Waals surface area contributed by atoms with Crippen molar-refractivity contribution in [1.82, 2.24) is 10.2 Å². The van der Waals surface area contributed by atoms with Gasteiger partial charge in [0.25, 0.3) is 0 Å². The lowest BCUT2D eigenvalue weighted by Gasteiger charge is -2.22. The molecule has 0 bridgehead atoms. The molecule has 1 atom stereocenters. The maximum absolute atomic E-state index is 11.5. The number of likely N-dealkylation sites (tertiary alicyclic amines) is 1. The van der Waals surface area contributed by atoms with Gasteiger partial charge in [-0.05, 0) is 27.2 Å². The lowest BCUT2D eigenvalue weighted by molar-refractivity contribution is -0.123. The topological polar surface area (TPSA) is 52.6 Å². The third-order valence-corrected chi connectivity index (χ3v) is 2.13. The molecule has 1 aliphatic heterocycles. The summed E-state index contributed by atoms with van der Waals surface area (Å²) >= 11 is 0. The molecule has 4 nitrogen and oxygen atoms in total. The number of nitrogens with one attached hydrogen (secondary N) is 1. The van der Waals surface area contributed by atoms with Gasteiger partial charge in [0.2, 0.25) is 5.91 Å². The van der Waals surface area contributed by atoms with Crippen molar-refractivity contribution >= 4 is 5.91 Å². The second kappa shape index (κ2) is 4.28. The van der Waals surface area contributed by atoms with Crippen molar-refractivity contribution in [1.29, 1.82) is 0 Å². The smallest absolute Gasteiger partial charge is 0.234 e. The summed E-state index contributed by atoms with van der Waals surface area (Å²) in [5.41, 5.74) is -0.171. The van der Waals surface area contributed by atoms with E-state index in [-0.39, 0.29) is 17.6 Å². The minimum Gasteiger partial charge on any atom is -0.392 e. The van der Waals surface area contributed by atoms with E-state index < -0.39 is 0 Å². The lowest BCUT2D eigenvalue weighted by atomic mass is 10.1. The molecule has 1 amide bonds. The molecule has 0 radical (unpaired) electrons. The van der Waals surface area contributed by atoms with Gasteiger partial charge >= 0.3 is 0 Å². The summed E-state index contributed by atoms with van der Waals surface area (Å²) < 4.78 is 0. The van der Waals surface area contributed by atoms with E-state index in [9.17, 15) is 9.90 Å². The fourth-order valence-corrected chi connectivity index (χ4v) is 1.62. The van der Waals surface area contributed by atoms with Gasteiger partial charge in [0.05, 0.1) is 12.6 Å². The lowest BCUT2D eigenvalue weighted by Crippen LogP contribution is -2.45.